The van der Waals surface area contributed by atoms with E-state index in [1.807, 2.05) is 0 Å². The Morgan fingerprint density at radius 3 is 2.00 bits per heavy atom. The first-order valence-electron chi connectivity index (χ1n) is 3.61. The van der Waals surface area contributed by atoms with Crippen LogP contribution < -0.4 is 11.5 Å². The Balaban J connectivity index is 4.24. The summed E-state index contributed by atoms with van der Waals surface area (Å²) < 4.78 is 0. The third-order valence-electron chi connectivity index (χ3n) is 1.61. The van der Waals surface area contributed by atoms with Crippen LogP contribution in [0.25, 0.3) is 0 Å². The van der Waals surface area contributed by atoms with Crippen molar-refractivity contribution in [3.8, 4) is 0 Å². The van der Waals surface area contributed by atoms with Gasteiger partial charge in [0.05, 0.1) is 12.6 Å². The average molecular weight is 194 g/mol. The van der Waals surface area contributed by atoms with E-state index in [1.54, 1.807) is 0 Å². The summed E-state index contributed by atoms with van der Waals surface area (Å²) >= 11 is 0. The van der Waals surface area contributed by atoms with Crippen molar-refractivity contribution < 1.29 is 25.2 Å². The number of carbonyl (C=O) groups is 1. The van der Waals surface area contributed by atoms with E-state index in [-0.39, 0.29) is 0 Å². The Kier molecular flexibility index (Phi) is 4.81. The van der Waals surface area contributed by atoms with Gasteiger partial charge in [-0.05, 0) is 0 Å². The molecule has 0 unspecified atom stereocenters. The summed E-state index contributed by atoms with van der Waals surface area (Å²) in [7, 11) is 0. The van der Waals surface area contributed by atoms with E-state index in [9.17, 15) is 4.79 Å². The maximum absolute atomic E-state index is 10.4. The van der Waals surface area contributed by atoms with Crippen LogP contribution in [-0.4, -0.2) is 57.3 Å². The molecule has 13 heavy (non-hydrogen) atoms. The molecule has 0 saturated heterocycles. The molecule has 0 heterocycles. The van der Waals surface area contributed by atoms with Gasteiger partial charge in [-0.15, -0.1) is 0 Å². The Hall–Kier alpha value is -0.730. The lowest BCUT2D eigenvalue weighted by Gasteiger charge is -2.24. The summed E-state index contributed by atoms with van der Waals surface area (Å²) in [5.41, 5.74) is 9.79. The first-order chi connectivity index (χ1) is 5.91. The lowest BCUT2D eigenvalue weighted by molar-refractivity contribution is -0.138. The topological polar surface area (TPSA) is 150 Å². The second-order valence-corrected chi connectivity index (χ2v) is 2.67. The summed E-state index contributed by atoms with van der Waals surface area (Å²) in [6.07, 6.45) is -5.29. The minimum Gasteiger partial charge on any atom is -0.395 e. The first kappa shape index (κ1) is 12.3. The summed E-state index contributed by atoms with van der Waals surface area (Å²) in [4.78, 5) is 10.4. The fourth-order valence-corrected chi connectivity index (χ4v) is 0.716. The van der Waals surface area contributed by atoms with Crippen LogP contribution in [0.5, 0.6) is 0 Å². The van der Waals surface area contributed by atoms with Crippen LogP contribution in [0.2, 0.25) is 0 Å². The van der Waals surface area contributed by atoms with E-state index in [2.05, 4.69) is 5.73 Å². The number of hydrogen-bond donors (Lipinski definition) is 6. The molecule has 0 spiro atoms. The molecule has 78 valence electrons. The number of amides is 1. The van der Waals surface area contributed by atoms with Crippen molar-refractivity contribution in [3.05, 3.63) is 0 Å². The van der Waals surface area contributed by atoms with E-state index < -0.39 is 36.9 Å². The van der Waals surface area contributed by atoms with Gasteiger partial charge >= 0.3 is 0 Å². The van der Waals surface area contributed by atoms with E-state index in [1.165, 1.54) is 0 Å². The molecule has 0 aliphatic heterocycles. The predicted molar refractivity (Wildman–Crippen MR) is 42.3 cm³/mol. The largest absolute Gasteiger partial charge is 0.395 e. The van der Waals surface area contributed by atoms with Gasteiger partial charge in [0, 0.05) is 0 Å². The molecule has 0 aliphatic carbocycles. The smallest absolute Gasteiger partial charge is 0.249 e. The van der Waals surface area contributed by atoms with Crippen LogP contribution >= 0.6 is 0 Å². The molecule has 0 rings (SSSR count). The van der Waals surface area contributed by atoms with Crippen LogP contribution in [0.1, 0.15) is 0 Å². The number of carbonyl (C=O) groups excluding carboxylic acids is 1. The second-order valence-electron chi connectivity index (χ2n) is 2.67. The molecule has 0 aromatic carbocycles. The number of aliphatic hydroxyl groups is 4. The molecular weight excluding hydrogens is 180 g/mol. The average Bonchev–Trinajstić information content (AvgIpc) is 2.12. The number of aliphatic hydroxyl groups excluding tert-OH is 4. The van der Waals surface area contributed by atoms with Crippen LogP contribution in [0.3, 0.4) is 0 Å². The van der Waals surface area contributed by atoms with Crippen molar-refractivity contribution in [2.75, 3.05) is 6.61 Å². The molecule has 0 aromatic heterocycles. The Bertz CT molecular complexity index is 176. The Labute approximate surface area is 74.6 Å². The normalized spacial score (nSPS) is 20.4. The van der Waals surface area contributed by atoms with Crippen LogP contribution in [-0.2, 0) is 4.79 Å². The number of primary amides is 1. The summed E-state index contributed by atoms with van der Waals surface area (Å²) in [5, 5.41) is 35.5. The van der Waals surface area contributed by atoms with Gasteiger partial charge in [-0.3, -0.25) is 4.79 Å². The number of rotatable bonds is 5. The van der Waals surface area contributed by atoms with Crippen LogP contribution in [0, 0.1) is 0 Å². The highest BCUT2D eigenvalue weighted by atomic mass is 16.4. The third-order valence-corrected chi connectivity index (χ3v) is 1.61. The summed E-state index contributed by atoms with van der Waals surface area (Å²) in [6.45, 7) is -0.580. The van der Waals surface area contributed by atoms with Gasteiger partial charge in [0.15, 0.2) is 6.10 Å². The van der Waals surface area contributed by atoms with E-state index in [4.69, 9.17) is 26.2 Å². The Morgan fingerprint density at radius 2 is 1.69 bits per heavy atom. The minimum absolute atomic E-state index is 0.580. The standard InChI is InChI=1S/C6H14N2O5/c7-2(1-9)3(10)4(11)5(12)6(8)13/h2-5,9-12H,1,7H2,(H2,8,13)/t2-,3+,4-,5-/m0/s1. The molecule has 7 heteroatoms. The van der Waals surface area contributed by atoms with Crippen molar-refractivity contribution in [3.63, 3.8) is 0 Å². The van der Waals surface area contributed by atoms with Gasteiger partial charge < -0.3 is 31.9 Å². The van der Waals surface area contributed by atoms with Gasteiger partial charge in [0.1, 0.15) is 12.2 Å². The van der Waals surface area contributed by atoms with Crippen molar-refractivity contribution in [1.29, 1.82) is 0 Å². The zero-order valence-electron chi connectivity index (χ0n) is 6.87. The highest BCUT2D eigenvalue weighted by Gasteiger charge is 2.31. The molecule has 0 bridgehead atoms. The van der Waals surface area contributed by atoms with Gasteiger partial charge in [0.2, 0.25) is 5.91 Å². The maximum Gasteiger partial charge on any atom is 0.249 e. The molecule has 0 fully saturated rings. The SMILES string of the molecule is NC(=O)[C@@H](O)[C@@H](O)[C@H](O)[C@@H](N)CO. The minimum atomic E-state index is -1.90. The van der Waals surface area contributed by atoms with E-state index >= 15 is 0 Å². The van der Waals surface area contributed by atoms with Crippen molar-refractivity contribution in [2.45, 2.75) is 24.4 Å². The zero-order chi connectivity index (χ0) is 10.6. The van der Waals surface area contributed by atoms with Gasteiger partial charge in [-0.25, -0.2) is 0 Å². The molecule has 4 atom stereocenters. The fraction of sp³-hybridized carbons (Fsp3) is 0.833. The maximum atomic E-state index is 10.4. The first-order valence-corrected chi connectivity index (χ1v) is 3.61. The monoisotopic (exact) mass is 194 g/mol. The lowest BCUT2D eigenvalue weighted by atomic mass is 10.0. The second kappa shape index (κ2) is 5.10. The quantitative estimate of drug-likeness (QED) is 0.261. The fourth-order valence-electron chi connectivity index (χ4n) is 0.716. The van der Waals surface area contributed by atoms with Crippen molar-refractivity contribution >= 4 is 5.91 Å². The predicted octanol–water partition coefficient (Wildman–Crippen LogP) is -4.13. The molecule has 0 aromatic rings. The zero-order valence-corrected chi connectivity index (χ0v) is 6.87. The van der Waals surface area contributed by atoms with Gasteiger partial charge in [-0.1, -0.05) is 0 Å². The van der Waals surface area contributed by atoms with Crippen molar-refractivity contribution in [2.24, 2.45) is 11.5 Å². The van der Waals surface area contributed by atoms with E-state index in [0.29, 0.717) is 0 Å². The molecule has 0 aliphatic rings. The van der Waals surface area contributed by atoms with Crippen LogP contribution in [0.15, 0.2) is 0 Å². The molecular formula is C6H14N2O5. The number of hydrogen-bond acceptors (Lipinski definition) is 6. The summed E-state index contributed by atoms with van der Waals surface area (Å²) in [6, 6.07) is -1.14. The Morgan fingerprint density at radius 1 is 1.23 bits per heavy atom. The molecule has 8 N–H and O–H groups in total. The third kappa shape index (κ3) is 3.25. The molecule has 7 nitrogen and oxygen atoms in total. The van der Waals surface area contributed by atoms with Crippen LogP contribution in [0.4, 0.5) is 0 Å². The lowest BCUT2D eigenvalue weighted by Crippen LogP contribution is -2.53. The molecule has 0 radical (unpaired) electrons. The highest BCUT2D eigenvalue weighted by molar-refractivity contribution is 5.79. The molecule has 1 amide bonds. The highest BCUT2D eigenvalue weighted by Crippen LogP contribution is 2.02. The number of nitrogens with two attached hydrogens (primary N) is 2. The van der Waals surface area contributed by atoms with Gasteiger partial charge in [0.25, 0.3) is 0 Å². The van der Waals surface area contributed by atoms with E-state index in [0.717, 1.165) is 0 Å². The van der Waals surface area contributed by atoms with Crippen molar-refractivity contribution in [1.82, 2.24) is 0 Å². The summed E-state index contributed by atoms with van der Waals surface area (Å²) in [5.74, 6) is -1.17. The molecule has 0 saturated carbocycles. The van der Waals surface area contributed by atoms with Gasteiger partial charge in [-0.2, -0.15) is 0 Å².